The Morgan fingerprint density at radius 2 is 1.73 bits per heavy atom. The lowest BCUT2D eigenvalue weighted by Crippen LogP contribution is -2.44. The molecular weight excluding hydrogens is 204 g/mol. The van der Waals surface area contributed by atoms with Crippen molar-refractivity contribution in [2.45, 2.75) is 12.5 Å². The van der Waals surface area contributed by atoms with Crippen LogP contribution in [0, 0.1) is 0 Å². The highest BCUT2D eigenvalue weighted by Gasteiger charge is 2.21. The van der Waals surface area contributed by atoms with E-state index in [-0.39, 0.29) is 13.0 Å². The normalized spacial score (nSPS) is 12.4. The summed E-state index contributed by atoms with van der Waals surface area (Å²) in [5.74, 6) is -2.36. The second-order valence-corrected chi connectivity index (χ2v) is 2.97. The van der Waals surface area contributed by atoms with Crippen LogP contribution in [0.25, 0.3) is 0 Å². The van der Waals surface area contributed by atoms with Crippen molar-refractivity contribution in [3.63, 3.8) is 0 Å². The Morgan fingerprint density at radius 1 is 1.27 bits per heavy atom. The molecule has 0 aliphatic heterocycles. The maximum Gasteiger partial charge on any atom is 0.317 e. The van der Waals surface area contributed by atoms with Crippen LogP contribution >= 0.6 is 0 Å². The maximum atomic E-state index is 10.6. The summed E-state index contributed by atoms with van der Waals surface area (Å²) in [6.45, 7) is -0.787. The molecule has 0 aromatic heterocycles. The Bertz CT molecular complexity index is 227. The van der Waals surface area contributed by atoms with Crippen LogP contribution in [0.3, 0.4) is 0 Å². The lowest BCUT2D eigenvalue weighted by atomic mass is 10.2. The smallest absolute Gasteiger partial charge is 0.317 e. The van der Waals surface area contributed by atoms with Crippen molar-refractivity contribution in [3.05, 3.63) is 0 Å². The summed E-state index contributed by atoms with van der Waals surface area (Å²) in [4.78, 5) is 32.5. The number of carbonyl (C=O) groups excluding carboxylic acids is 1. The van der Waals surface area contributed by atoms with Gasteiger partial charge < -0.3 is 20.7 Å². The van der Waals surface area contributed by atoms with E-state index >= 15 is 0 Å². The van der Waals surface area contributed by atoms with E-state index in [2.05, 4.69) is 0 Å². The topological polar surface area (TPSA) is 121 Å². The third-order valence-corrected chi connectivity index (χ3v) is 1.77. The Morgan fingerprint density at radius 3 is 2.00 bits per heavy atom. The van der Waals surface area contributed by atoms with Gasteiger partial charge in [-0.3, -0.25) is 14.5 Å². The van der Waals surface area contributed by atoms with Crippen molar-refractivity contribution in [2.75, 3.05) is 19.6 Å². The quantitative estimate of drug-likeness (QED) is 0.418. The number of nitrogens with zero attached hydrogens (tertiary/aromatic N) is 1. The molecule has 0 saturated heterocycles. The molecule has 0 spiro atoms. The fourth-order valence-corrected chi connectivity index (χ4v) is 1.15. The molecule has 0 fully saturated rings. The third-order valence-electron chi connectivity index (χ3n) is 1.77. The molecule has 4 N–H and O–H groups in total. The van der Waals surface area contributed by atoms with Gasteiger partial charge in [0.25, 0.3) is 0 Å². The van der Waals surface area contributed by atoms with Crippen molar-refractivity contribution in [2.24, 2.45) is 5.73 Å². The van der Waals surface area contributed by atoms with Gasteiger partial charge in [-0.2, -0.15) is 0 Å². The van der Waals surface area contributed by atoms with Crippen LogP contribution in [0.2, 0.25) is 0 Å². The van der Waals surface area contributed by atoms with E-state index in [0.29, 0.717) is 6.29 Å². The SMILES string of the molecule is NCC[C@@H](C=O)N(CC(=O)O)CC(=O)O. The molecule has 0 bridgehead atoms. The number of rotatable bonds is 8. The zero-order chi connectivity index (χ0) is 11.8. The van der Waals surface area contributed by atoms with Gasteiger partial charge in [0.05, 0.1) is 19.1 Å². The Balaban J connectivity index is 4.48. The zero-order valence-corrected chi connectivity index (χ0v) is 8.13. The zero-order valence-electron chi connectivity index (χ0n) is 8.13. The first-order valence-corrected chi connectivity index (χ1v) is 4.34. The fourth-order valence-electron chi connectivity index (χ4n) is 1.15. The second-order valence-electron chi connectivity index (χ2n) is 2.97. The van der Waals surface area contributed by atoms with Gasteiger partial charge in [0.1, 0.15) is 6.29 Å². The summed E-state index contributed by atoms with van der Waals surface area (Å²) in [5, 5.41) is 17.1. The van der Waals surface area contributed by atoms with E-state index in [1.807, 2.05) is 0 Å². The minimum atomic E-state index is -1.18. The Hall–Kier alpha value is -1.47. The van der Waals surface area contributed by atoms with Gasteiger partial charge in [-0.05, 0) is 13.0 Å². The molecule has 0 rings (SSSR count). The number of carboxylic acid groups (broad SMARTS) is 2. The van der Waals surface area contributed by atoms with Gasteiger partial charge in [0.15, 0.2) is 0 Å². The number of hydrogen-bond acceptors (Lipinski definition) is 5. The predicted molar refractivity (Wildman–Crippen MR) is 50.4 cm³/mol. The summed E-state index contributed by atoms with van der Waals surface area (Å²) in [5.41, 5.74) is 5.22. The number of nitrogens with two attached hydrogens (primary N) is 1. The fraction of sp³-hybridized carbons (Fsp3) is 0.625. The molecule has 15 heavy (non-hydrogen) atoms. The number of hydrogen-bond donors (Lipinski definition) is 3. The van der Waals surface area contributed by atoms with Crippen LogP contribution in [0.1, 0.15) is 6.42 Å². The largest absolute Gasteiger partial charge is 0.480 e. The molecule has 0 aromatic carbocycles. The lowest BCUT2D eigenvalue weighted by molar-refractivity contribution is -0.143. The van der Waals surface area contributed by atoms with Gasteiger partial charge in [-0.15, -0.1) is 0 Å². The molecule has 0 aromatic rings. The number of aldehydes is 1. The first kappa shape index (κ1) is 13.5. The summed E-state index contributed by atoms with van der Waals surface area (Å²) in [6.07, 6.45) is 0.753. The molecular formula is C8H14N2O5. The van der Waals surface area contributed by atoms with Crippen LogP contribution < -0.4 is 5.73 Å². The maximum absolute atomic E-state index is 10.6. The van der Waals surface area contributed by atoms with Gasteiger partial charge in [0, 0.05) is 0 Å². The predicted octanol–water partition coefficient (Wildman–Crippen LogP) is -1.63. The summed E-state index contributed by atoms with van der Waals surface area (Å²) >= 11 is 0. The summed E-state index contributed by atoms with van der Waals surface area (Å²) < 4.78 is 0. The standard InChI is InChI=1S/C8H14N2O5/c9-2-1-6(5-11)10(3-7(12)13)4-8(14)15/h5-6H,1-4,9H2,(H,12,13)(H,14,15)/t6-/m0/s1. The second kappa shape index (κ2) is 6.91. The van der Waals surface area contributed by atoms with Gasteiger partial charge in [-0.25, -0.2) is 0 Å². The van der Waals surface area contributed by atoms with Crippen molar-refractivity contribution < 1.29 is 24.6 Å². The van der Waals surface area contributed by atoms with Crippen LogP contribution in [0.5, 0.6) is 0 Å². The highest BCUT2D eigenvalue weighted by atomic mass is 16.4. The van der Waals surface area contributed by atoms with Crippen LogP contribution in [0.4, 0.5) is 0 Å². The first-order valence-electron chi connectivity index (χ1n) is 4.34. The number of aliphatic carboxylic acids is 2. The number of carbonyl (C=O) groups is 3. The van der Waals surface area contributed by atoms with Crippen molar-refractivity contribution in [1.29, 1.82) is 0 Å². The first-order chi connectivity index (χ1) is 7.01. The summed E-state index contributed by atoms with van der Waals surface area (Å²) in [6, 6.07) is -0.762. The average molecular weight is 218 g/mol. The van der Waals surface area contributed by atoms with E-state index in [1.165, 1.54) is 0 Å². The molecule has 0 saturated carbocycles. The molecule has 0 amide bonds. The van der Waals surface area contributed by atoms with E-state index in [1.54, 1.807) is 0 Å². The molecule has 0 aliphatic carbocycles. The minimum absolute atomic E-state index is 0.194. The van der Waals surface area contributed by atoms with Crippen LogP contribution in [0.15, 0.2) is 0 Å². The Kier molecular flexibility index (Phi) is 6.23. The van der Waals surface area contributed by atoms with Gasteiger partial charge >= 0.3 is 11.9 Å². The molecule has 1 atom stereocenters. The van der Waals surface area contributed by atoms with Crippen molar-refractivity contribution >= 4 is 18.2 Å². The van der Waals surface area contributed by atoms with Crippen LogP contribution in [-0.2, 0) is 14.4 Å². The minimum Gasteiger partial charge on any atom is -0.480 e. The average Bonchev–Trinajstić information content (AvgIpc) is 2.11. The lowest BCUT2D eigenvalue weighted by Gasteiger charge is -2.23. The van der Waals surface area contributed by atoms with Crippen molar-refractivity contribution in [3.8, 4) is 0 Å². The highest BCUT2D eigenvalue weighted by Crippen LogP contribution is 2.00. The number of carboxylic acids is 2. The Labute approximate surface area is 86.5 Å². The van der Waals surface area contributed by atoms with Crippen LogP contribution in [-0.4, -0.2) is 59.0 Å². The molecule has 7 nitrogen and oxygen atoms in total. The van der Waals surface area contributed by atoms with E-state index in [9.17, 15) is 14.4 Å². The van der Waals surface area contributed by atoms with Crippen molar-refractivity contribution in [1.82, 2.24) is 4.90 Å². The molecule has 0 radical (unpaired) electrons. The summed E-state index contributed by atoms with van der Waals surface area (Å²) in [7, 11) is 0. The monoisotopic (exact) mass is 218 g/mol. The molecule has 7 heteroatoms. The van der Waals surface area contributed by atoms with Gasteiger partial charge in [-0.1, -0.05) is 0 Å². The van der Waals surface area contributed by atoms with E-state index < -0.39 is 31.1 Å². The molecule has 0 heterocycles. The highest BCUT2D eigenvalue weighted by molar-refractivity contribution is 5.74. The molecule has 0 unspecified atom stereocenters. The molecule has 86 valence electrons. The third kappa shape index (κ3) is 5.76. The molecule has 0 aliphatic rings. The van der Waals surface area contributed by atoms with Gasteiger partial charge in [0.2, 0.25) is 0 Å². The van der Waals surface area contributed by atoms with E-state index in [4.69, 9.17) is 15.9 Å². The van der Waals surface area contributed by atoms with E-state index in [0.717, 1.165) is 4.90 Å².